The van der Waals surface area contributed by atoms with E-state index in [9.17, 15) is 0 Å². The van der Waals surface area contributed by atoms with E-state index in [0.717, 1.165) is 29.5 Å². The van der Waals surface area contributed by atoms with E-state index in [-0.39, 0.29) is 0 Å². The third kappa shape index (κ3) is 3.32. The Morgan fingerprint density at radius 2 is 1.93 bits per heavy atom. The Morgan fingerprint density at radius 1 is 1.10 bits per heavy atom. The van der Waals surface area contributed by atoms with Crippen molar-refractivity contribution in [1.82, 2.24) is 15.0 Å². The van der Waals surface area contributed by atoms with Crippen LogP contribution in [0.2, 0.25) is 0 Å². The lowest BCUT2D eigenvalue weighted by atomic mass is 9.99. The van der Waals surface area contributed by atoms with Crippen LogP contribution in [0.5, 0.6) is 0 Å². The Kier molecular flexibility index (Phi) is 5.19. The van der Waals surface area contributed by atoms with Crippen molar-refractivity contribution in [1.29, 1.82) is 0 Å². The Balaban J connectivity index is 1.78. The maximum absolute atomic E-state index is 5.21. The number of thiophene rings is 1. The van der Waals surface area contributed by atoms with Crippen LogP contribution in [0.4, 0.5) is 5.82 Å². The predicted octanol–water partition coefficient (Wildman–Crippen LogP) is 6.03. The summed E-state index contributed by atoms with van der Waals surface area (Å²) in [7, 11) is 0. The van der Waals surface area contributed by atoms with Gasteiger partial charge in [0, 0.05) is 23.7 Å². The summed E-state index contributed by atoms with van der Waals surface area (Å²) in [4.78, 5) is 19.0. The zero-order valence-electron chi connectivity index (χ0n) is 17.9. The molecule has 3 aromatic rings. The molecular formula is C23H30N4S2. The fourth-order valence-corrected chi connectivity index (χ4v) is 6.59. The highest BCUT2D eigenvalue weighted by atomic mass is 32.2. The lowest BCUT2D eigenvalue weighted by molar-refractivity contribution is 0.481. The molecule has 1 atom stereocenters. The highest BCUT2D eigenvalue weighted by Gasteiger charge is 2.28. The number of fused-ring (bicyclic) bond motifs is 5. The van der Waals surface area contributed by atoms with Gasteiger partial charge in [0.15, 0.2) is 11.0 Å². The minimum absolute atomic E-state index is 0.539. The molecule has 1 saturated heterocycles. The molecule has 3 aromatic heterocycles. The molecule has 6 heteroatoms. The Bertz CT molecular complexity index is 1070. The van der Waals surface area contributed by atoms with Crippen LogP contribution in [0, 0.1) is 5.92 Å². The number of hydrogen-bond donors (Lipinski definition) is 0. The van der Waals surface area contributed by atoms with E-state index in [0.29, 0.717) is 12.0 Å². The highest BCUT2D eigenvalue weighted by Crippen LogP contribution is 2.44. The number of nitrogens with zero attached hydrogens (tertiary/aromatic N) is 4. The van der Waals surface area contributed by atoms with E-state index in [1.54, 1.807) is 11.8 Å². The summed E-state index contributed by atoms with van der Waals surface area (Å²) in [5.74, 6) is 1.78. The molecule has 1 aliphatic carbocycles. The largest absolute Gasteiger partial charge is 0.353 e. The van der Waals surface area contributed by atoms with E-state index in [2.05, 4.69) is 31.9 Å². The van der Waals surface area contributed by atoms with Gasteiger partial charge in [0.1, 0.15) is 4.83 Å². The summed E-state index contributed by atoms with van der Waals surface area (Å²) >= 11 is 3.48. The van der Waals surface area contributed by atoms with Crippen molar-refractivity contribution in [3.8, 4) is 0 Å². The van der Waals surface area contributed by atoms with Gasteiger partial charge < -0.3 is 4.90 Å². The monoisotopic (exact) mass is 426 g/mol. The molecule has 1 aliphatic heterocycles. The Labute approximate surface area is 181 Å². The lowest BCUT2D eigenvalue weighted by Gasteiger charge is -2.34. The molecule has 0 amide bonds. The normalized spacial score (nSPS) is 19.6. The summed E-state index contributed by atoms with van der Waals surface area (Å²) < 4.78 is 1.25. The van der Waals surface area contributed by atoms with Gasteiger partial charge in [0.25, 0.3) is 0 Å². The van der Waals surface area contributed by atoms with E-state index in [1.165, 1.54) is 70.3 Å². The van der Waals surface area contributed by atoms with Crippen LogP contribution in [0.3, 0.4) is 0 Å². The predicted molar refractivity (Wildman–Crippen MR) is 126 cm³/mol. The number of pyridine rings is 1. The first-order valence-corrected chi connectivity index (χ1v) is 13.1. The second-order valence-electron chi connectivity index (χ2n) is 9.00. The SMILES string of the molecule is CSc1nc(N2CCCCC2C)c2sc3nc(CC(C)C)c4c(c3c2n1)CCC4. The molecule has 0 aromatic carbocycles. The first-order valence-electron chi connectivity index (χ1n) is 11.0. The molecule has 154 valence electrons. The van der Waals surface area contributed by atoms with Gasteiger partial charge in [-0.1, -0.05) is 25.6 Å². The Morgan fingerprint density at radius 3 is 2.69 bits per heavy atom. The topological polar surface area (TPSA) is 41.9 Å². The summed E-state index contributed by atoms with van der Waals surface area (Å²) in [6, 6.07) is 0.539. The number of piperidine rings is 1. The number of rotatable bonds is 4. The minimum atomic E-state index is 0.539. The van der Waals surface area contributed by atoms with E-state index in [1.807, 2.05) is 11.3 Å². The number of thioether (sulfide) groups is 1. The maximum atomic E-state index is 5.21. The van der Waals surface area contributed by atoms with Crippen molar-refractivity contribution < 1.29 is 0 Å². The zero-order valence-corrected chi connectivity index (χ0v) is 19.5. The molecule has 29 heavy (non-hydrogen) atoms. The van der Waals surface area contributed by atoms with Gasteiger partial charge in [0.2, 0.25) is 0 Å². The van der Waals surface area contributed by atoms with Crippen LogP contribution < -0.4 is 4.90 Å². The third-order valence-corrected chi connectivity index (χ3v) is 8.06. The van der Waals surface area contributed by atoms with Crippen molar-refractivity contribution in [2.24, 2.45) is 5.92 Å². The maximum Gasteiger partial charge on any atom is 0.189 e. The van der Waals surface area contributed by atoms with Gasteiger partial charge in [-0.05, 0) is 75.2 Å². The first-order chi connectivity index (χ1) is 14.1. The van der Waals surface area contributed by atoms with Gasteiger partial charge in [-0.2, -0.15) is 0 Å². The molecule has 4 heterocycles. The molecule has 4 nitrogen and oxygen atoms in total. The van der Waals surface area contributed by atoms with Gasteiger partial charge in [-0.3, -0.25) is 0 Å². The third-order valence-electron chi connectivity index (χ3n) is 6.44. The van der Waals surface area contributed by atoms with E-state index < -0.39 is 0 Å². The van der Waals surface area contributed by atoms with Crippen LogP contribution in [0.25, 0.3) is 20.4 Å². The zero-order chi connectivity index (χ0) is 20.1. The fourth-order valence-electron chi connectivity index (χ4n) is 5.06. The van der Waals surface area contributed by atoms with Crippen molar-refractivity contribution in [2.75, 3.05) is 17.7 Å². The molecule has 0 spiro atoms. The molecule has 0 bridgehead atoms. The molecule has 1 unspecified atom stereocenters. The molecule has 5 rings (SSSR count). The average Bonchev–Trinajstić information content (AvgIpc) is 3.31. The van der Waals surface area contributed by atoms with Crippen molar-refractivity contribution >= 4 is 49.3 Å². The summed E-state index contributed by atoms with van der Waals surface area (Å²) in [6.07, 6.45) is 10.6. The molecular weight excluding hydrogens is 396 g/mol. The molecule has 0 radical (unpaired) electrons. The molecule has 0 N–H and O–H groups in total. The number of anilines is 1. The van der Waals surface area contributed by atoms with Gasteiger partial charge >= 0.3 is 0 Å². The van der Waals surface area contributed by atoms with Crippen molar-refractivity contribution in [3.05, 3.63) is 16.8 Å². The van der Waals surface area contributed by atoms with Crippen molar-refractivity contribution in [3.63, 3.8) is 0 Å². The summed E-state index contributed by atoms with van der Waals surface area (Å²) in [6.45, 7) is 8.03. The number of hydrogen-bond acceptors (Lipinski definition) is 6. The number of aromatic nitrogens is 3. The lowest BCUT2D eigenvalue weighted by Crippen LogP contribution is -2.38. The van der Waals surface area contributed by atoms with E-state index in [4.69, 9.17) is 15.0 Å². The van der Waals surface area contributed by atoms with Crippen LogP contribution in [-0.4, -0.2) is 33.8 Å². The van der Waals surface area contributed by atoms with E-state index >= 15 is 0 Å². The highest BCUT2D eigenvalue weighted by molar-refractivity contribution is 7.98. The summed E-state index contributed by atoms with van der Waals surface area (Å²) in [5.41, 5.74) is 5.53. The van der Waals surface area contributed by atoms with Gasteiger partial charge in [-0.15, -0.1) is 11.3 Å². The van der Waals surface area contributed by atoms with Gasteiger partial charge in [0.05, 0.1) is 10.2 Å². The van der Waals surface area contributed by atoms with Crippen LogP contribution in [0.1, 0.15) is 63.3 Å². The van der Waals surface area contributed by atoms with Crippen LogP contribution >= 0.6 is 23.1 Å². The van der Waals surface area contributed by atoms with Gasteiger partial charge in [-0.25, -0.2) is 15.0 Å². The standard InChI is InChI=1S/C23H30N4S2/c1-13(2)12-17-15-9-7-10-16(15)18-19-20(29-22(18)24-17)21(26-23(25-19)28-4)27-11-6-5-8-14(27)3/h13-14H,5-12H2,1-4H3. The van der Waals surface area contributed by atoms with Crippen LogP contribution in [-0.2, 0) is 19.3 Å². The summed E-state index contributed by atoms with van der Waals surface area (Å²) in [5, 5.41) is 2.22. The molecule has 0 saturated carbocycles. The average molecular weight is 427 g/mol. The quantitative estimate of drug-likeness (QED) is 0.376. The Hall–Kier alpha value is -1.40. The molecule has 2 aliphatic rings. The minimum Gasteiger partial charge on any atom is -0.353 e. The molecule has 1 fully saturated rings. The second-order valence-corrected chi connectivity index (χ2v) is 10.8. The fraction of sp³-hybridized carbons (Fsp3) is 0.609. The second kappa shape index (κ2) is 7.69. The number of aryl methyl sites for hydroxylation is 1. The smallest absolute Gasteiger partial charge is 0.189 e. The van der Waals surface area contributed by atoms with Crippen LogP contribution in [0.15, 0.2) is 5.16 Å². The van der Waals surface area contributed by atoms with Crippen molar-refractivity contribution in [2.45, 2.75) is 76.9 Å². The first kappa shape index (κ1) is 19.6.